The highest BCUT2D eigenvalue weighted by molar-refractivity contribution is 8.00. The van der Waals surface area contributed by atoms with E-state index in [0.717, 1.165) is 45.5 Å². The molecule has 0 radical (unpaired) electrons. The van der Waals surface area contributed by atoms with Gasteiger partial charge < -0.3 is 5.32 Å². The molecule has 1 N–H and O–H groups in total. The van der Waals surface area contributed by atoms with E-state index in [1.54, 1.807) is 0 Å². The van der Waals surface area contributed by atoms with Gasteiger partial charge in [0.15, 0.2) is 0 Å². The van der Waals surface area contributed by atoms with Crippen LogP contribution in [0.25, 0.3) is 5.69 Å². The number of nitriles is 1. The number of amides is 1. The number of pyridine rings is 1. The summed E-state index contributed by atoms with van der Waals surface area (Å²) in [5, 5.41) is 16.3. The number of hydrogen-bond donors (Lipinski definition) is 1. The summed E-state index contributed by atoms with van der Waals surface area (Å²) in [5.41, 5.74) is 2.79. The van der Waals surface area contributed by atoms with Crippen LogP contribution in [0.4, 0.5) is 18.9 Å². The number of carbonyl (C=O) groups is 1. The number of carbonyl (C=O) groups excluding carboxylic acids is 1. The van der Waals surface area contributed by atoms with Crippen molar-refractivity contribution in [3.8, 4) is 11.8 Å². The lowest BCUT2D eigenvalue weighted by Crippen LogP contribution is -2.15. The van der Waals surface area contributed by atoms with Crippen molar-refractivity contribution in [2.24, 2.45) is 0 Å². The molecule has 1 aromatic carbocycles. The Balaban J connectivity index is 1.68. The molecule has 160 valence electrons. The van der Waals surface area contributed by atoms with Crippen LogP contribution in [0, 0.1) is 32.1 Å². The number of alkyl halides is 3. The van der Waals surface area contributed by atoms with Gasteiger partial charge in [0, 0.05) is 11.4 Å². The smallest absolute Gasteiger partial charge is 0.325 e. The minimum absolute atomic E-state index is 0.0305. The van der Waals surface area contributed by atoms with Crippen molar-refractivity contribution in [2.45, 2.75) is 32.0 Å². The van der Waals surface area contributed by atoms with Crippen LogP contribution in [0.5, 0.6) is 0 Å². The molecule has 0 aliphatic carbocycles. The van der Waals surface area contributed by atoms with Crippen LogP contribution in [-0.2, 0) is 11.0 Å². The van der Waals surface area contributed by atoms with Gasteiger partial charge in [0.1, 0.15) is 16.8 Å². The van der Waals surface area contributed by atoms with E-state index in [-0.39, 0.29) is 17.3 Å². The first-order valence-electron chi connectivity index (χ1n) is 9.14. The van der Waals surface area contributed by atoms with Crippen LogP contribution in [0.3, 0.4) is 0 Å². The predicted octanol–water partition coefficient (Wildman–Crippen LogP) is 4.81. The summed E-state index contributed by atoms with van der Waals surface area (Å²) >= 11 is 1.16. The predicted molar refractivity (Wildman–Crippen MR) is 111 cm³/mol. The fraction of sp³-hybridized carbons (Fsp3) is 0.238. The summed E-state index contributed by atoms with van der Waals surface area (Å²) < 4.78 is 39.9. The summed E-state index contributed by atoms with van der Waals surface area (Å²) in [6.45, 7) is 5.58. The summed E-state index contributed by atoms with van der Waals surface area (Å²) in [6, 6.07) is 8.90. The number of aryl methyl sites for hydroxylation is 1. The Hall–Kier alpha value is -3.32. The third-order valence-electron chi connectivity index (χ3n) is 4.74. The monoisotopic (exact) mass is 445 g/mol. The number of hydrogen-bond acceptors (Lipinski definition) is 5. The van der Waals surface area contributed by atoms with E-state index in [4.69, 9.17) is 0 Å². The average Bonchev–Trinajstić information content (AvgIpc) is 3.22. The molecule has 1 amide bonds. The van der Waals surface area contributed by atoms with Crippen LogP contribution in [-0.4, -0.2) is 26.4 Å². The number of benzene rings is 1. The van der Waals surface area contributed by atoms with Crippen LogP contribution >= 0.6 is 11.8 Å². The number of nitrogens with one attached hydrogen (secondary N) is 1. The number of nitrogens with zero attached hydrogens (tertiary/aromatic N) is 4. The molecule has 0 saturated carbocycles. The molecule has 31 heavy (non-hydrogen) atoms. The maximum atomic E-state index is 13.0. The van der Waals surface area contributed by atoms with E-state index in [1.807, 2.05) is 20.8 Å². The summed E-state index contributed by atoms with van der Waals surface area (Å²) in [4.78, 5) is 16.7. The van der Waals surface area contributed by atoms with Gasteiger partial charge in [0.05, 0.1) is 23.2 Å². The standard InChI is InChI=1S/C21H18F3N5OS/c1-12-13(2)17(10-25)20(27-14(12)3)31-11-19(30)28-15-4-6-16(7-5-15)29-18(8-9-26-29)21(22,23)24/h4-9H,11H2,1-3H3,(H,28,30). The second kappa shape index (κ2) is 8.81. The van der Waals surface area contributed by atoms with Crippen molar-refractivity contribution in [3.05, 3.63) is 64.6 Å². The van der Waals surface area contributed by atoms with Crippen molar-refractivity contribution in [1.82, 2.24) is 14.8 Å². The van der Waals surface area contributed by atoms with Gasteiger partial charge in [-0.15, -0.1) is 0 Å². The summed E-state index contributed by atoms with van der Waals surface area (Å²) in [5.74, 6) is -0.294. The summed E-state index contributed by atoms with van der Waals surface area (Å²) in [6.07, 6.45) is -3.45. The topological polar surface area (TPSA) is 83.6 Å². The molecule has 0 unspecified atom stereocenters. The molecule has 0 spiro atoms. The molecule has 0 saturated heterocycles. The van der Waals surface area contributed by atoms with Gasteiger partial charge >= 0.3 is 6.18 Å². The van der Waals surface area contributed by atoms with Gasteiger partial charge in [-0.05, 0) is 62.2 Å². The molecule has 2 aromatic heterocycles. The Labute approximate surface area is 181 Å². The third kappa shape index (κ3) is 4.88. The molecule has 2 heterocycles. The van der Waals surface area contributed by atoms with Crippen LogP contribution in [0.2, 0.25) is 0 Å². The molecule has 0 bridgehead atoms. The van der Waals surface area contributed by atoms with Gasteiger partial charge in [0.25, 0.3) is 0 Å². The van der Waals surface area contributed by atoms with Crippen LogP contribution < -0.4 is 5.32 Å². The molecular formula is C21H18F3N5OS. The van der Waals surface area contributed by atoms with Gasteiger partial charge in [0.2, 0.25) is 5.91 Å². The number of thioether (sulfide) groups is 1. The second-order valence-electron chi connectivity index (χ2n) is 6.75. The number of aromatic nitrogens is 3. The zero-order valence-electron chi connectivity index (χ0n) is 16.9. The second-order valence-corrected chi connectivity index (χ2v) is 7.71. The average molecular weight is 445 g/mol. The van der Waals surface area contributed by atoms with E-state index in [0.29, 0.717) is 16.3 Å². The van der Waals surface area contributed by atoms with Crippen molar-refractivity contribution in [2.75, 3.05) is 11.1 Å². The first-order chi connectivity index (χ1) is 14.6. The highest BCUT2D eigenvalue weighted by Gasteiger charge is 2.35. The van der Waals surface area contributed by atoms with E-state index >= 15 is 0 Å². The highest BCUT2D eigenvalue weighted by Crippen LogP contribution is 2.31. The molecule has 3 rings (SSSR count). The zero-order valence-corrected chi connectivity index (χ0v) is 17.7. The van der Waals surface area contributed by atoms with Gasteiger partial charge in [-0.1, -0.05) is 11.8 Å². The maximum absolute atomic E-state index is 13.0. The Kier molecular flexibility index (Phi) is 6.36. The van der Waals surface area contributed by atoms with Crippen molar-refractivity contribution < 1.29 is 18.0 Å². The number of rotatable bonds is 5. The lowest BCUT2D eigenvalue weighted by molar-refractivity contribution is -0.142. The largest absolute Gasteiger partial charge is 0.433 e. The number of anilines is 1. The van der Waals surface area contributed by atoms with E-state index in [1.165, 1.54) is 24.3 Å². The molecule has 6 nitrogen and oxygen atoms in total. The Morgan fingerprint density at radius 1 is 1.16 bits per heavy atom. The molecule has 10 heteroatoms. The van der Waals surface area contributed by atoms with Crippen molar-refractivity contribution >= 4 is 23.4 Å². The lowest BCUT2D eigenvalue weighted by Gasteiger charge is -2.12. The van der Waals surface area contributed by atoms with Crippen molar-refractivity contribution in [3.63, 3.8) is 0 Å². The molecule has 0 aliphatic heterocycles. The van der Waals surface area contributed by atoms with Gasteiger partial charge in [-0.25, -0.2) is 9.67 Å². The Morgan fingerprint density at radius 2 is 1.84 bits per heavy atom. The normalized spacial score (nSPS) is 11.3. The van der Waals surface area contributed by atoms with Gasteiger partial charge in [-0.2, -0.15) is 23.5 Å². The summed E-state index contributed by atoms with van der Waals surface area (Å²) in [7, 11) is 0. The Bertz CT molecular complexity index is 1160. The maximum Gasteiger partial charge on any atom is 0.433 e. The minimum atomic E-state index is -4.52. The first kappa shape index (κ1) is 22.4. The third-order valence-corrected chi connectivity index (χ3v) is 5.72. The molecule has 0 aliphatic rings. The fourth-order valence-electron chi connectivity index (χ4n) is 2.89. The Morgan fingerprint density at radius 3 is 2.45 bits per heavy atom. The van der Waals surface area contributed by atoms with Crippen LogP contribution in [0.1, 0.15) is 28.1 Å². The van der Waals surface area contributed by atoms with Crippen molar-refractivity contribution in [1.29, 1.82) is 5.26 Å². The van der Waals surface area contributed by atoms with Gasteiger partial charge in [-0.3, -0.25) is 4.79 Å². The highest BCUT2D eigenvalue weighted by atomic mass is 32.2. The molecule has 0 fully saturated rings. The number of halogens is 3. The quantitative estimate of drug-likeness (QED) is 0.570. The van der Waals surface area contributed by atoms with E-state index < -0.39 is 11.9 Å². The van der Waals surface area contributed by atoms with E-state index in [2.05, 4.69) is 21.5 Å². The lowest BCUT2D eigenvalue weighted by atomic mass is 10.1. The zero-order chi connectivity index (χ0) is 22.8. The molecule has 3 aromatic rings. The SMILES string of the molecule is Cc1nc(SCC(=O)Nc2ccc(-n3nccc3C(F)(F)F)cc2)c(C#N)c(C)c1C. The minimum Gasteiger partial charge on any atom is -0.325 e. The van der Waals surface area contributed by atoms with Crippen LogP contribution in [0.15, 0.2) is 41.6 Å². The molecular weight excluding hydrogens is 427 g/mol. The first-order valence-corrected chi connectivity index (χ1v) is 10.1. The fourth-order valence-corrected chi connectivity index (χ4v) is 3.77. The molecule has 0 atom stereocenters. The van der Waals surface area contributed by atoms with E-state index in [9.17, 15) is 23.2 Å².